The van der Waals surface area contributed by atoms with Crippen molar-refractivity contribution in [3.63, 3.8) is 0 Å². The molecule has 1 atom stereocenters. The highest BCUT2D eigenvalue weighted by atomic mass is 19.1. The summed E-state index contributed by atoms with van der Waals surface area (Å²) in [5.41, 5.74) is 2.13. The number of hydrogen-bond donors (Lipinski definition) is 1. The van der Waals surface area contributed by atoms with Crippen LogP contribution in [0.25, 0.3) is 0 Å². The molecule has 0 aliphatic carbocycles. The van der Waals surface area contributed by atoms with Gasteiger partial charge in [-0.25, -0.2) is 9.18 Å². The quantitative estimate of drug-likeness (QED) is 0.879. The van der Waals surface area contributed by atoms with E-state index in [-0.39, 0.29) is 24.4 Å². The van der Waals surface area contributed by atoms with Gasteiger partial charge in [0.05, 0.1) is 6.54 Å². The van der Waals surface area contributed by atoms with Gasteiger partial charge in [-0.05, 0) is 37.1 Å². The second kappa shape index (κ2) is 6.69. The number of benzene rings is 2. The van der Waals surface area contributed by atoms with E-state index in [1.807, 2.05) is 31.2 Å². The van der Waals surface area contributed by atoms with Gasteiger partial charge in [0.1, 0.15) is 6.61 Å². The number of para-hydroxylation sites is 2. The van der Waals surface area contributed by atoms with Crippen LogP contribution in [0.3, 0.4) is 0 Å². The van der Waals surface area contributed by atoms with Gasteiger partial charge < -0.3 is 10.1 Å². The zero-order chi connectivity index (χ0) is 16.2. The Hall–Kier alpha value is -2.56. The first-order chi connectivity index (χ1) is 11.2. The molecular formula is C18H19FN2O2. The van der Waals surface area contributed by atoms with E-state index in [1.165, 1.54) is 11.6 Å². The summed E-state index contributed by atoms with van der Waals surface area (Å²) in [6.07, 6.45) is 0.856. The van der Waals surface area contributed by atoms with E-state index < -0.39 is 5.82 Å². The van der Waals surface area contributed by atoms with Crippen LogP contribution in [0, 0.1) is 5.82 Å². The van der Waals surface area contributed by atoms with Crippen LogP contribution in [0.2, 0.25) is 0 Å². The zero-order valence-electron chi connectivity index (χ0n) is 13.0. The van der Waals surface area contributed by atoms with Crippen LogP contribution < -0.4 is 15.0 Å². The third-order valence-corrected chi connectivity index (χ3v) is 3.90. The molecule has 1 unspecified atom stereocenters. The highest BCUT2D eigenvalue weighted by molar-refractivity contribution is 5.94. The highest BCUT2D eigenvalue weighted by Crippen LogP contribution is 2.31. The molecule has 0 fully saturated rings. The Morgan fingerprint density at radius 3 is 2.83 bits per heavy atom. The Morgan fingerprint density at radius 1 is 1.26 bits per heavy atom. The van der Waals surface area contributed by atoms with E-state index in [0.717, 1.165) is 12.1 Å². The van der Waals surface area contributed by atoms with Crippen molar-refractivity contribution in [1.82, 2.24) is 5.32 Å². The van der Waals surface area contributed by atoms with E-state index >= 15 is 0 Å². The number of urea groups is 1. The second-order valence-electron chi connectivity index (χ2n) is 5.56. The Kier molecular flexibility index (Phi) is 4.46. The molecule has 0 radical (unpaired) electrons. The number of anilines is 1. The number of hydrogen-bond acceptors (Lipinski definition) is 2. The maximum Gasteiger partial charge on any atom is 0.322 e. The first-order valence-corrected chi connectivity index (χ1v) is 7.69. The zero-order valence-corrected chi connectivity index (χ0v) is 13.0. The summed E-state index contributed by atoms with van der Waals surface area (Å²) in [6, 6.07) is 14.1. The summed E-state index contributed by atoms with van der Waals surface area (Å²) in [5.74, 6) is -0.206. The van der Waals surface area contributed by atoms with Crippen LogP contribution in [0.15, 0.2) is 48.5 Å². The molecule has 120 valence electrons. The average molecular weight is 314 g/mol. The Balaban J connectivity index is 1.53. The van der Waals surface area contributed by atoms with Crippen LogP contribution in [0.4, 0.5) is 14.9 Å². The normalized spacial score (nSPS) is 16.1. The maximum absolute atomic E-state index is 13.4. The molecule has 0 aromatic heterocycles. The topological polar surface area (TPSA) is 41.6 Å². The summed E-state index contributed by atoms with van der Waals surface area (Å²) in [7, 11) is 0. The molecule has 3 rings (SSSR count). The van der Waals surface area contributed by atoms with Crippen LogP contribution >= 0.6 is 0 Å². The van der Waals surface area contributed by atoms with Crippen LogP contribution in [-0.4, -0.2) is 25.2 Å². The van der Waals surface area contributed by atoms with Gasteiger partial charge in [0.2, 0.25) is 0 Å². The van der Waals surface area contributed by atoms with Crippen molar-refractivity contribution in [2.24, 2.45) is 0 Å². The second-order valence-corrected chi connectivity index (χ2v) is 5.56. The monoisotopic (exact) mass is 314 g/mol. The molecular weight excluding hydrogens is 295 g/mol. The molecule has 1 N–H and O–H groups in total. The lowest BCUT2D eigenvalue weighted by atomic mass is 10.1. The summed E-state index contributed by atoms with van der Waals surface area (Å²) < 4.78 is 18.8. The number of carbonyl (C=O) groups excluding carboxylic acids is 1. The van der Waals surface area contributed by atoms with Gasteiger partial charge in [-0.3, -0.25) is 4.90 Å². The first-order valence-electron chi connectivity index (χ1n) is 7.69. The van der Waals surface area contributed by atoms with Crippen molar-refractivity contribution >= 4 is 11.7 Å². The highest BCUT2D eigenvalue weighted by Gasteiger charge is 2.30. The van der Waals surface area contributed by atoms with Crippen molar-refractivity contribution in [3.8, 4) is 5.75 Å². The molecule has 5 heteroatoms. The van der Waals surface area contributed by atoms with Crippen LogP contribution in [0.1, 0.15) is 12.5 Å². The molecule has 1 heterocycles. The van der Waals surface area contributed by atoms with Gasteiger partial charge in [0.15, 0.2) is 11.6 Å². The number of halogens is 1. The van der Waals surface area contributed by atoms with Gasteiger partial charge in [-0.2, -0.15) is 0 Å². The molecule has 0 saturated heterocycles. The van der Waals surface area contributed by atoms with E-state index in [2.05, 4.69) is 5.32 Å². The molecule has 1 aliphatic heterocycles. The van der Waals surface area contributed by atoms with Gasteiger partial charge >= 0.3 is 6.03 Å². The first kappa shape index (κ1) is 15.3. The lowest BCUT2D eigenvalue weighted by Gasteiger charge is -2.23. The van der Waals surface area contributed by atoms with Gasteiger partial charge in [0.25, 0.3) is 0 Å². The number of nitrogens with one attached hydrogen (secondary N) is 1. The number of ether oxygens (including phenoxy) is 1. The molecule has 23 heavy (non-hydrogen) atoms. The molecule has 1 aliphatic rings. The summed E-state index contributed by atoms with van der Waals surface area (Å²) in [4.78, 5) is 14.1. The number of fused-ring (bicyclic) bond motifs is 1. The summed E-state index contributed by atoms with van der Waals surface area (Å²) >= 11 is 0. The molecule has 0 saturated carbocycles. The maximum atomic E-state index is 13.4. The average Bonchev–Trinajstić information content (AvgIpc) is 2.88. The van der Waals surface area contributed by atoms with Crippen molar-refractivity contribution < 1.29 is 13.9 Å². The fourth-order valence-corrected chi connectivity index (χ4v) is 2.84. The fourth-order valence-electron chi connectivity index (χ4n) is 2.84. The lowest BCUT2D eigenvalue weighted by molar-refractivity contribution is 0.239. The number of nitrogens with zero attached hydrogens (tertiary/aromatic N) is 1. The van der Waals surface area contributed by atoms with Crippen molar-refractivity contribution in [2.75, 3.05) is 18.1 Å². The van der Waals surface area contributed by atoms with Gasteiger partial charge in [0, 0.05) is 11.7 Å². The SMILES string of the molecule is CC1Cc2ccccc2N1C(=O)NCCOc1ccccc1F. The predicted molar refractivity (Wildman–Crippen MR) is 87.4 cm³/mol. The van der Waals surface area contributed by atoms with Gasteiger partial charge in [-0.1, -0.05) is 30.3 Å². The third kappa shape index (κ3) is 3.28. The number of rotatable bonds is 4. The van der Waals surface area contributed by atoms with E-state index in [0.29, 0.717) is 6.54 Å². The molecule has 0 spiro atoms. The Labute approximate surface area is 134 Å². The largest absolute Gasteiger partial charge is 0.489 e. The van der Waals surface area contributed by atoms with Crippen molar-refractivity contribution in [3.05, 3.63) is 59.9 Å². The molecule has 2 aromatic rings. The van der Waals surface area contributed by atoms with Crippen LogP contribution in [-0.2, 0) is 6.42 Å². The minimum absolute atomic E-state index is 0.125. The number of amides is 2. The van der Waals surface area contributed by atoms with E-state index in [9.17, 15) is 9.18 Å². The molecule has 4 nitrogen and oxygen atoms in total. The minimum atomic E-state index is -0.402. The van der Waals surface area contributed by atoms with E-state index in [4.69, 9.17) is 4.74 Å². The Morgan fingerprint density at radius 2 is 2.00 bits per heavy atom. The molecule has 2 aromatic carbocycles. The summed E-state index contributed by atoms with van der Waals surface area (Å²) in [6.45, 7) is 2.56. The smallest absolute Gasteiger partial charge is 0.322 e. The van der Waals surface area contributed by atoms with Crippen LogP contribution in [0.5, 0.6) is 5.75 Å². The van der Waals surface area contributed by atoms with Crippen molar-refractivity contribution in [2.45, 2.75) is 19.4 Å². The van der Waals surface area contributed by atoms with Crippen molar-refractivity contribution in [1.29, 1.82) is 0 Å². The summed E-state index contributed by atoms with van der Waals surface area (Å²) in [5, 5.41) is 2.83. The predicted octanol–water partition coefficient (Wildman–Crippen LogP) is 3.37. The lowest BCUT2D eigenvalue weighted by Crippen LogP contribution is -2.44. The van der Waals surface area contributed by atoms with E-state index in [1.54, 1.807) is 23.1 Å². The standard InChI is InChI=1S/C18H19FN2O2/c1-13-12-14-6-2-4-8-16(14)21(13)18(22)20-10-11-23-17-9-5-3-7-15(17)19/h2-9,13H,10-12H2,1H3,(H,20,22). The Bertz CT molecular complexity index is 705. The number of carbonyl (C=O) groups is 1. The fraction of sp³-hybridized carbons (Fsp3) is 0.278. The third-order valence-electron chi connectivity index (χ3n) is 3.90. The molecule has 2 amide bonds. The van der Waals surface area contributed by atoms with Gasteiger partial charge in [-0.15, -0.1) is 0 Å². The minimum Gasteiger partial charge on any atom is -0.489 e. The molecule has 0 bridgehead atoms.